The van der Waals surface area contributed by atoms with Crippen LogP contribution in [0.4, 0.5) is 0 Å². The number of rotatable bonds is 7. The Labute approximate surface area is 188 Å². The molecule has 3 aromatic carbocycles. The number of furan rings is 1. The first-order valence-corrected chi connectivity index (χ1v) is 10.8. The molecule has 0 saturated carbocycles. The van der Waals surface area contributed by atoms with Crippen molar-refractivity contribution in [2.45, 2.75) is 20.3 Å². The third kappa shape index (κ3) is 4.45. The van der Waals surface area contributed by atoms with E-state index in [2.05, 4.69) is 41.7 Å². The molecule has 1 N–H and O–H groups in total. The van der Waals surface area contributed by atoms with E-state index in [1.165, 1.54) is 11.1 Å². The molecule has 32 heavy (non-hydrogen) atoms. The van der Waals surface area contributed by atoms with E-state index in [0.717, 1.165) is 39.7 Å². The maximum atomic E-state index is 12.2. The lowest BCUT2D eigenvalue weighted by atomic mass is 9.97. The molecule has 4 rings (SSSR count). The number of carbonyl (C=O) groups excluding carboxylic acids is 1. The summed E-state index contributed by atoms with van der Waals surface area (Å²) in [6.45, 7) is 4.61. The van der Waals surface area contributed by atoms with Gasteiger partial charge in [-0.25, -0.2) is 0 Å². The highest BCUT2D eigenvalue weighted by atomic mass is 16.5. The number of benzene rings is 3. The van der Waals surface area contributed by atoms with Gasteiger partial charge in [-0.2, -0.15) is 0 Å². The Bertz CT molecular complexity index is 1250. The molecule has 0 radical (unpaired) electrons. The Morgan fingerprint density at radius 3 is 2.38 bits per heavy atom. The van der Waals surface area contributed by atoms with E-state index in [-0.39, 0.29) is 5.91 Å². The highest BCUT2D eigenvalue weighted by Gasteiger charge is 2.15. The Hall–Kier alpha value is -3.79. The number of methoxy groups -OCH3 is 1. The molecule has 4 nitrogen and oxygen atoms in total. The van der Waals surface area contributed by atoms with Gasteiger partial charge in [0.05, 0.1) is 13.4 Å². The van der Waals surface area contributed by atoms with Crippen molar-refractivity contribution in [2.75, 3.05) is 13.7 Å². The highest BCUT2D eigenvalue weighted by Crippen LogP contribution is 2.37. The lowest BCUT2D eigenvalue weighted by molar-refractivity contribution is -0.116. The fourth-order valence-electron chi connectivity index (χ4n) is 3.80. The normalized spacial score (nSPS) is 11.5. The molecule has 4 heteroatoms. The van der Waals surface area contributed by atoms with Crippen molar-refractivity contribution < 1.29 is 13.9 Å². The van der Waals surface area contributed by atoms with Crippen LogP contribution >= 0.6 is 0 Å². The average molecular weight is 426 g/mol. The number of carbonyl (C=O) groups is 1. The van der Waals surface area contributed by atoms with Gasteiger partial charge >= 0.3 is 0 Å². The van der Waals surface area contributed by atoms with Crippen LogP contribution in [0.25, 0.3) is 38.8 Å². The van der Waals surface area contributed by atoms with Gasteiger partial charge < -0.3 is 14.5 Å². The lowest BCUT2D eigenvalue weighted by Crippen LogP contribution is -2.21. The first-order chi connectivity index (χ1) is 15.6. The van der Waals surface area contributed by atoms with Crippen molar-refractivity contribution in [1.29, 1.82) is 0 Å². The zero-order valence-corrected chi connectivity index (χ0v) is 18.6. The van der Waals surface area contributed by atoms with Crippen LogP contribution in [-0.2, 0) is 4.79 Å². The zero-order valence-electron chi connectivity index (χ0n) is 18.6. The molecule has 4 aromatic rings. The summed E-state index contributed by atoms with van der Waals surface area (Å²) in [6, 6.07) is 22.7. The molecule has 0 bridgehead atoms. The van der Waals surface area contributed by atoms with Crippen LogP contribution in [0.1, 0.15) is 25.8 Å². The van der Waals surface area contributed by atoms with E-state index in [4.69, 9.17) is 9.15 Å². The van der Waals surface area contributed by atoms with E-state index in [9.17, 15) is 4.79 Å². The fourth-order valence-corrected chi connectivity index (χ4v) is 3.80. The van der Waals surface area contributed by atoms with Gasteiger partial charge in [0.2, 0.25) is 5.91 Å². The molecule has 1 aromatic heterocycles. The van der Waals surface area contributed by atoms with Crippen LogP contribution < -0.4 is 10.1 Å². The van der Waals surface area contributed by atoms with Crippen LogP contribution in [0.3, 0.4) is 0 Å². The number of hydrogen-bond acceptors (Lipinski definition) is 3. The molecule has 0 fully saturated rings. The number of ether oxygens (including phenoxy) is 1. The van der Waals surface area contributed by atoms with Gasteiger partial charge in [0.15, 0.2) is 0 Å². The second-order valence-corrected chi connectivity index (χ2v) is 7.76. The summed E-state index contributed by atoms with van der Waals surface area (Å²) in [5.41, 5.74) is 6.88. The quantitative estimate of drug-likeness (QED) is 0.335. The lowest BCUT2D eigenvalue weighted by Gasteiger charge is -2.10. The zero-order chi connectivity index (χ0) is 22.5. The molecule has 0 aliphatic carbocycles. The second-order valence-electron chi connectivity index (χ2n) is 7.76. The monoisotopic (exact) mass is 425 g/mol. The van der Waals surface area contributed by atoms with E-state index in [1.54, 1.807) is 19.4 Å². The minimum atomic E-state index is -0.101. The highest BCUT2D eigenvalue weighted by molar-refractivity contribution is 6.00. The van der Waals surface area contributed by atoms with Crippen molar-refractivity contribution in [3.8, 4) is 28.0 Å². The summed E-state index contributed by atoms with van der Waals surface area (Å²) in [6.07, 6.45) is 4.29. The fraction of sp³-hybridized carbons (Fsp3) is 0.179. The van der Waals surface area contributed by atoms with Gasteiger partial charge in [-0.05, 0) is 41.7 Å². The summed E-state index contributed by atoms with van der Waals surface area (Å²) in [4.78, 5) is 12.2. The number of fused-ring (bicyclic) bond motifs is 1. The summed E-state index contributed by atoms with van der Waals surface area (Å²) in [5, 5.41) is 3.87. The summed E-state index contributed by atoms with van der Waals surface area (Å²) in [5.74, 6) is 0.574. The molecule has 0 atom stereocenters. The smallest absolute Gasteiger partial charge is 0.244 e. The van der Waals surface area contributed by atoms with Crippen LogP contribution in [0.2, 0.25) is 0 Å². The SMILES string of the molecule is CCCNC(=O)/C=C(\C)c1cc2c(-c3ccc(-c4ccccc4)cc3)coc2cc1OC. The van der Waals surface area contributed by atoms with E-state index in [0.29, 0.717) is 12.3 Å². The van der Waals surface area contributed by atoms with Gasteiger partial charge in [-0.1, -0.05) is 61.5 Å². The van der Waals surface area contributed by atoms with Gasteiger partial charge in [-0.15, -0.1) is 0 Å². The average Bonchev–Trinajstić information content (AvgIpc) is 3.25. The standard InChI is InChI=1S/C28H27NO3/c1-4-14-29-28(30)15-19(2)23-16-24-25(18-32-27(24)17-26(23)31-3)22-12-10-21(11-13-22)20-8-6-5-7-9-20/h5-13,15-18H,4,14H2,1-3H3,(H,29,30)/b19-15+. The van der Waals surface area contributed by atoms with Gasteiger partial charge in [-0.3, -0.25) is 4.79 Å². The minimum absolute atomic E-state index is 0.101. The summed E-state index contributed by atoms with van der Waals surface area (Å²) >= 11 is 0. The van der Waals surface area contributed by atoms with Crippen molar-refractivity contribution in [2.24, 2.45) is 0 Å². The van der Waals surface area contributed by atoms with Crippen LogP contribution in [0.15, 0.2) is 83.5 Å². The predicted octanol–water partition coefficient (Wildman–Crippen LogP) is 6.70. The topological polar surface area (TPSA) is 51.5 Å². The first kappa shape index (κ1) is 21.4. The Balaban J connectivity index is 1.72. The van der Waals surface area contributed by atoms with Crippen LogP contribution in [0, 0.1) is 0 Å². The number of hydrogen-bond donors (Lipinski definition) is 1. The molecule has 0 saturated heterocycles. The van der Waals surface area contributed by atoms with Crippen molar-refractivity contribution in [1.82, 2.24) is 5.32 Å². The third-order valence-electron chi connectivity index (χ3n) is 5.52. The first-order valence-electron chi connectivity index (χ1n) is 10.8. The van der Waals surface area contributed by atoms with Crippen LogP contribution in [-0.4, -0.2) is 19.6 Å². The number of amides is 1. The van der Waals surface area contributed by atoms with Crippen LogP contribution in [0.5, 0.6) is 5.75 Å². The third-order valence-corrected chi connectivity index (χ3v) is 5.52. The summed E-state index contributed by atoms with van der Waals surface area (Å²) < 4.78 is 11.4. The number of allylic oxidation sites excluding steroid dienone is 1. The second kappa shape index (κ2) is 9.56. The molecule has 0 aliphatic rings. The van der Waals surface area contributed by atoms with E-state index >= 15 is 0 Å². The van der Waals surface area contributed by atoms with Crippen molar-refractivity contribution in [3.63, 3.8) is 0 Å². The minimum Gasteiger partial charge on any atom is -0.496 e. The maximum absolute atomic E-state index is 12.2. The Kier molecular flexibility index (Phi) is 6.41. The molecular formula is C28H27NO3. The molecular weight excluding hydrogens is 398 g/mol. The molecule has 0 spiro atoms. The summed E-state index contributed by atoms with van der Waals surface area (Å²) in [7, 11) is 1.63. The Morgan fingerprint density at radius 1 is 1.00 bits per heavy atom. The largest absolute Gasteiger partial charge is 0.496 e. The number of nitrogens with one attached hydrogen (secondary N) is 1. The molecule has 162 valence electrons. The Morgan fingerprint density at radius 2 is 1.69 bits per heavy atom. The van der Waals surface area contributed by atoms with Gasteiger partial charge in [0.1, 0.15) is 11.3 Å². The molecule has 0 unspecified atom stereocenters. The molecule has 1 heterocycles. The predicted molar refractivity (Wildman–Crippen MR) is 131 cm³/mol. The van der Waals surface area contributed by atoms with Crippen molar-refractivity contribution >= 4 is 22.4 Å². The van der Waals surface area contributed by atoms with E-state index in [1.807, 2.05) is 44.2 Å². The molecule has 1 amide bonds. The molecule has 0 aliphatic heterocycles. The van der Waals surface area contributed by atoms with E-state index < -0.39 is 0 Å². The van der Waals surface area contributed by atoms with Crippen molar-refractivity contribution in [3.05, 3.63) is 84.6 Å². The van der Waals surface area contributed by atoms with Gasteiger partial charge in [0.25, 0.3) is 0 Å². The van der Waals surface area contributed by atoms with Gasteiger partial charge in [0, 0.05) is 35.2 Å². The maximum Gasteiger partial charge on any atom is 0.244 e.